The van der Waals surface area contributed by atoms with E-state index in [1.807, 2.05) is 30.3 Å². The van der Waals surface area contributed by atoms with E-state index >= 15 is 0 Å². The first kappa shape index (κ1) is 19.5. The molecule has 115 valence electrons. The zero-order valence-corrected chi connectivity index (χ0v) is 13.7. The molecule has 0 atom stereocenters. The maximum Gasteiger partial charge on any atom is 2.00 e. The molecule has 2 N–H and O–H groups in total. The first-order valence-corrected chi connectivity index (χ1v) is 6.54. The van der Waals surface area contributed by atoms with Gasteiger partial charge in [0, 0.05) is 13.6 Å². The molecule has 0 aliphatic rings. The molecule has 1 radical (unpaired) electrons. The molecule has 1 aromatic carbocycles. The minimum absolute atomic E-state index is 0. The number of nitrogens with zero attached hydrogens (tertiary/aromatic N) is 4. The summed E-state index contributed by atoms with van der Waals surface area (Å²) in [4.78, 5) is 0. The van der Waals surface area contributed by atoms with E-state index < -0.39 is 0 Å². The second kappa shape index (κ2) is 12.2. The first-order chi connectivity index (χ1) is 9.72. The van der Waals surface area contributed by atoms with Crippen LogP contribution in [0, 0.1) is 0 Å². The van der Waals surface area contributed by atoms with E-state index in [-0.39, 0.29) is 17.1 Å². The Morgan fingerprint density at radius 1 is 1.05 bits per heavy atom. The predicted molar refractivity (Wildman–Crippen MR) is 88.9 cm³/mol. The van der Waals surface area contributed by atoms with E-state index in [1.54, 1.807) is 7.05 Å². The number of hydrogen-bond acceptors (Lipinski definition) is 6. The molecular weight excluding hydrogens is 356 g/mol. The van der Waals surface area contributed by atoms with Crippen LogP contribution in [0.5, 0.6) is 0 Å². The molecule has 21 heavy (non-hydrogen) atoms. The maximum atomic E-state index is 5.00. The first-order valence-electron chi connectivity index (χ1n) is 5.72. The molecule has 0 amide bonds. The minimum atomic E-state index is 0. The van der Waals surface area contributed by atoms with Gasteiger partial charge >= 0.3 is 17.1 Å². The summed E-state index contributed by atoms with van der Waals surface area (Å²) < 4.78 is 0. The van der Waals surface area contributed by atoms with Gasteiger partial charge in [0.15, 0.2) is 0 Å². The van der Waals surface area contributed by atoms with Crippen molar-refractivity contribution in [1.29, 1.82) is 0 Å². The number of rotatable bonds is 5. The summed E-state index contributed by atoms with van der Waals surface area (Å²) in [5, 5.41) is 21.0. The summed E-state index contributed by atoms with van der Waals surface area (Å²) in [6, 6.07) is 9.88. The largest absolute Gasteiger partial charge is 2.00 e. The molecule has 0 fully saturated rings. The van der Waals surface area contributed by atoms with E-state index in [1.165, 1.54) is 12.4 Å². The Hall–Kier alpha value is -1.54. The van der Waals surface area contributed by atoms with Gasteiger partial charge in [0.25, 0.3) is 0 Å². The summed E-state index contributed by atoms with van der Waals surface area (Å²) in [7, 11) is 1.67. The van der Waals surface area contributed by atoms with Gasteiger partial charge in [0.05, 0.1) is 12.4 Å². The average molecular weight is 370 g/mol. The monoisotopic (exact) mass is 369 g/mol. The summed E-state index contributed by atoms with van der Waals surface area (Å²) in [6.07, 6.45) is 2.74. The Morgan fingerprint density at radius 2 is 1.62 bits per heavy atom. The zero-order valence-electron chi connectivity index (χ0n) is 11.2. The van der Waals surface area contributed by atoms with Gasteiger partial charge in [0.2, 0.25) is 0 Å². The van der Waals surface area contributed by atoms with Crippen LogP contribution < -0.4 is 10.6 Å². The molecule has 0 saturated carbocycles. The molecular formula is C12H14CuN6S2. The van der Waals surface area contributed by atoms with Crippen molar-refractivity contribution in [3.63, 3.8) is 0 Å². The van der Waals surface area contributed by atoms with Crippen LogP contribution in [0.1, 0.15) is 5.56 Å². The van der Waals surface area contributed by atoms with Crippen molar-refractivity contribution in [1.82, 2.24) is 10.6 Å². The molecule has 0 aromatic heterocycles. The minimum Gasteiger partial charge on any atom is -0.741 e. The fraction of sp³-hybridized carbons (Fsp3) is 0.167. The van der Waals surface area contributed by atoms with Crippen LogP contribution in [0.15, 0.2) is 50.7 Å². The molecule has 9 heteroatoms. The van der Waals surface area contributed by atoms with Crippen LogP contribution in [-0.2, 0) is 48.9 Å². The Kier molecular flexibility index (Phi) is 11.3. The van der Waals surface area contributed by atoms with E-state index in [0.717, 1.165) is 5.56 Å². The second-order valence-electron chi connectivity index (χ2n) is 3.43. The SMILES string of the molecule is CNC([S-])=NN=CC=NN=C([S-])NCc1ccccc1.[Cu+2]. The van der Waals surface area contributed by atoms with Crippen LogP contribution in [0.25, 0.3) is 0 Å². The van der Waals surface area contributed by atoms with Crippen LogP contribution in [0.4, 0.5) is 0 Å². The molecule has 6 nitrogen and oxygen atoms in total. The van der Waals surface area contributed by atoms with Gasteiger partial charge in [-0.15, -0.1) is 0 Å². The van der Waals surface area contributed by atoms with Crippen molar-refractivity contribution in [3.8, 4) is 0 Å². The van der Waals surface area contributed by atoms with E-state index in [4.69, 9.17) is 25.3 Å². The number of hydrogen-bond donors (Lipinski definition) is 2. The van der Waals surface area contributed by atoms with E-state index in [2.05, 4.69) is 31.0 Å². The average Bonchev–Trinajstić information content (AvgIpc) is 2.49. The van der Waals surface area contributed by atoms with Crippen molar-refractivity contribution in [2.45, 2.75) is 6.54 Å². The summed E-state index contributed by atoms with van der Waals surface area (Å²) in [5.74, 6) is 0. The Labute approximate surface area is 145 Å². The molecule has 0 aliphatic carbocycles. The number of benzene rings is 1. The molecule has 0 unspecified atom stereocenters. The van der Waals surface area contributed by atoms with Crippen LogP contribution >= 0.6 is 0 Å². The van der Waals surface area contributed by atoms with Crippen LogP contribution in [0.3, 0.4) is 0 Å². The van der Waals surface area contributed by atoms with Gasteiger partial charge < -0.3 is 35.9 Å². The van der Waals surface area contributed by atoms with Crippen LogP contribution in [0.2, 0.25) is 0 Å². The normalized spacial score (nSPS) is 12.4. The van der Waals surface area contributed by atoms with E-state index in [0.29, 0.717) is 16.9 Å². The quantitative estimate of drug-likeness (QED) is 0.264. The Morgan fingerprint density at radius 3 is 2.19 bits per heavy atom. The van der Waals surface area contributed by atoms with Gasteiger partial charge in [-0.05, 0) is 15.9 Å². The summed E-state index contributed by atoms with van der Waals surface area (Å²) in [5.41, 5.74) is 1.12. The van der Waals surface area contributed by atoms with E-state index in [9.17, 15) is 0 Å². The maximum absolute atomic E-state index is 5.00. The molecule has 1 aromatic rings. The van der Waals surface area contributed by atoms with Gasteiger partial charge in [0.1, 0.15) is 0 Å². The van der Waals surface area contributed by atoms with Gasteiger partial charge in [-0.3, -0.25) is 0 Å². The third-order valence-electron chi connectivity index (χ3n) is 2.00. The number of nitrogens with one attached hydrogen (secondary N) is 2. The van der Waals surface area contributed by atoms with Crippen LogP contribution in [-0.4, -0.2) is 29.8 Å². The zero-order chi connectivity index (χ0) is 14.6. The number of amidine groups is 2. The van der Waals surface area contributed by atoms with Crippen molar-refractivity contribution < 1.29 is 17.1 Å². The molecule has 0 heterocycles. The molecule has 0 aliphatic heterocycles. The van der Waals surface area contributed by atoms with Gasteiger partial charge in [-0.2, -0.15) is 20.4 Å². The van der Waals surface area contributed by atoms with Gasteiger partial charge in [-0.1, -0.05) is 30.3 Å². The van der Waals surface area contributed by atoms with Crippen molar-refractivity contribution in [3.05, 3.63) is 35.9 Å². The second-order valence-corrected chi connectivity index (χ2v) is 4.20. The molecule has 0 saturated heterocycles. The van der Waals surface area contributed by atoms with Crippen molar-refractivity contribution >= 4 is 48.0 Å². The fourth-order valence-corrected chi connectivity index (χ4v) is 1.26. The van der Waals surface area contributed by atoms with Crippen molar-refractivity contribution in [2.75, 3.05) is 7.05 Å². The van der Waals surface area contributed by atoms with Crippen molar-refractivity contribution in [2.24, 2.45) is 20.4 Å². The molecule has 1 rings (SSSR count). The topological polar surface area (TPSA) is 73.5 Å². The smallest absolute Gasteiger partial charge is 0.741 e. The third-order valence-corrected chi connectivity index (χ3v) is 2.51. The molecule has 0 spiro atoms. The Bertz CT molecular complexity index is 516. The summed E-state index contributed by atoms with van der Waals surface area (Å²) in [6.45, 7) is 0.610. The fourth-order valence-electron chi connectivity index (χ4n) is 1.09. The third kappa shape index (κ3) is 9.91. The Balaban J connectivity index is 0.00000400. The predicted octanol–water partition coefficient (Wildman–Crippen LogP) is 0.770. The molecule has 0 bridgehead atoms. The standard InChI is InChI=1S/C12H16N6S2.Cu/c1-13-11(19)17-15-7-8-16-18-12(20)14-9-10-5-3-2-4-6-10;/h2-8H,9H2,1H3,(H2,13,17,19)(H2,14,18,20);/q;+2/p-2. The van der Waals surface area contributed by atoms with Gasteiger partial charge in [-0.25, -0.2) is 0 Å². The summed E-state index contributed by atoms with van der Waals surface area (Å²) >= 11 is 9.77.